The van der Waals surface area contributed by atoms with Crippen LogP contribution in [0, 0.1) is 17.5 Å². The van der Waals surface area contributed by atoms with Crippen molar-refractivity contribution < 1.29 is 22.7 Å². The van der Waals surface area contributed by atoms with E-state index in [4.69, 9.17) is 0 Å². The summed E-state index contributed by atoms with van der Waals surface area (Å²) >= 11 is 0. The number of methoxy groups -OCH3 is 1. The highest BCUT2D eigenvalue weighted by molar-refractivity contribution is 5.95. The van der Waals surface area contributed by atoms with Gasteiger partial charge in [0.2, 0.25) is 5.82 Å². The van der Waals surface area contributed by atoms with Crippen molar-refractivity contribution in [1.29, 1.82) is 0 Å². The van der Waals surface area contributed by atoms with Gasteiger partial charge in [0.15, 0.2) is 17.4 Å². The number of halogens is 3. The summed E-state index contributed by atoms with van der Waals surface area (Å²) in [4.78, 5) is 11.8. The fraction of sp³-hybridized carbons (Fsp3) is 0.533. The summed E-state index contributed by atoms with van der Waals surface area (Å²) in [7, 11) is 1.01. The van der Waals surface area contributed by atoms with Gasteiger partial charge in [0.25, 0.3) is 5.91 Å². The molecular formula is C15H20F3NO2. The Balaban J connectivity index is 2.64. The molecular weight excluding hydrogens is 283 g/mol. The van der Waals surface area contributed by atoms with E-state index in [1.54, 1.807) is 0 Å². The van der Waals surface area contributed by atoms with Crippen LogP contribution >= 0.6 is 0 Å². The van der Waals surface area contributed by atoms with Crippen LogP contribution < -0.4 is 10.1 Å². The Kier molecular flexibility index (Phi) is 7.05. The predicted octanol–water partition coefficient (Wildman–Crippen LogP) is 3.81. The summed E-state index contributed by atoms with van der Waals surface area (Å²) in [5, 5.41) is 2.49. The van der Waals surface area contributed by atoms with Crippen molar-refractivity contribution in [3.8, 4) is 5.75 Å². The largest absolute Gasteiger partial charge is 0.491 e. The molecule has 1 rings (SSSR count). The van der Waals surface area contributed by atoms with Crippen molar-refractivity contribution in [2.75, 3.05) is 13.7 Å². The Labute approximate surface area is 122 Å². The van der Waals surface area contributed by atoms with Crippen LogP contribution in [0.25, 0.3) is 0 Å². The monoisotopic (exact) mass is 303 g/mol. The van der Waals surface area contributed by atoms with Crippen LogP contribution in [0.2, 0.25) is 0 Å². The van der Waals surface area contributed by atoms with Gasteiger partial charge < -0.3 is 10.1 Å². The van der Waals surface area contributed by atoms with Crippen molar-refractivity contribution >= 4 is 5.91 Å². The van der Waals surface area contributed by atoms with Crippen LogP contribution in [-0.4, -0.2) is 19.6 Å². The van der Waals surface area contributed by atoms with Gasteiger partial charge >= 0.3 is 0 Å². The van der Waals surface area contributed by atoms with Crippen LogP contribution in [0.4, 0.5) is 13.2 Å². The number of rotatable bonds is 8. The molecule has 1 aromatic rings. The SMILES string of the molecule is CCCCCCCNC(=O)c1cc(F)c(F)c(OC)c1F. The number of benzene rings is 1. The molecule has 0 aromatic heterocycles. The standard InChI is InChI=1S/C15H20F3NO2/c1-3-4-5-6-7-8-19-15(20)10-9-11(16)13(18)14(21-2)12(10)17/h9H,3-8H2,1-2H3,(H,19,20). The van der Waals surface area contributed by atoms with E-state index in [-0.39, 0.29) is 0 Å². The molecule has 0 spiro atoms. The highest BCUT2D eigenvalue weighted by atomic mass is 19.2. The summed E-state index contributed by atoms with van der Waals surface area (Å²) in [5.74, 6) is -5.62. The van der Waals surface area contributed by atoms with Gasteiger partial charge in [-0.3, -0.25) is 4.79 Å². The molecule has 6 heteroatoms. The van der Waals surface area contributed by atoms with Crippen LogP contribution in [-0.2, 0) is 0 Å². The molecule has 21 heavy (non-hydrogen) atoms. The topological polar surface area (TPSA) is 38.3 Å². The average Bonchev–Trinajstić information content (AvgIpc) is 2.47. The summed E-state index contributed by atoms with van der Waals surface area (Å²) in [6.07, 6.45) is 5.03. The number of amides is 1. The zero-order chi connectivity index (χ0) is 15.8. The van der Waals surface area contributed by atoms with Crippen molar-refractivity contribution in [2.45, 2.75) is 39.0 Å². The minimum Gasteiger partial charge on any atom is -0.491 e. The fourth-order valence-electron chi connectivity index (χ4n) is 1.95. The number of hydrogen-bond acceptors (Lipinski definition) is 2. The van der Waals surface area contributed by atoms with Crippen molar-refractivity contribution in [3.63, 3.8) is 0 Å². The Morgan fingerprint density at radius 2 is 1.81 bits per heavy atom. The van der Waals surface area contributed by atoms with Gasteiger partial charge in [-0.2, -0.15) is 4.39 Å². The normalized spacial score (nSPS) is 10.5. The van der Waals surface area contributed by atoms with Gasteiger partial charge in [-0.05, 0) is 12.5 Å². The van der Waals surface area contributed by atoms with Crippen molar-refractivity contribution in [2.24, 2.45) is 0 Å². The van der Waals surface area contributed by atoms with Gasteiger partial charge in [-0.25, -0.2) is 8.78 Å². The first kappa shape index (κ1) is 17.3. The molecule has 0 aliphatic rings. The van der Waals surface area contributed by atoms with E-state index >= 15 is 0 Å². The molecule has 1 aromatic carbocycles. The third-order valence-electron chi connectivity index (χ3n) is 3.13. The van der Waals surface area contributed by atoms with E-state index in [0.29, 0.717) is 12.6 Å². The Morgan fingerprint density at radius 3 is 2.43 bits per heavy atom. The van der Waals surface area contributed by atoms with Crippen molar-refractivity contribution in [3.05, 3.63) is 29.1 Å². The maximum absolute atomic E-state index is 13.8. The van der Waals surface area contributed by atoms with E-state index in [1.165, 1.54) is 0 Å². The predicted molar refractivity (Wildman–Crippen MR) is 74.0 cm³/mol. The maximum Gasteiger partial charge on any atom is 0.254 e. The molecule has 0 aliphatic carbocycles. The lowest BCUT2D eigenvalue weighted by molar-refractivity contribution is 0.0947. The van der Waals surface area contributed by atoms with E-state index in [0.717, 1.165) is 39.2 Å². The lowest BCUT2D eigenvalue weighted by Gasteiger charge is -2.10. The zero-order valence-corrected chi connectivity index (χ0v) is 12.3. The Bertz CT molecular complexity index is 492. The first-order chi connectivity index (χ1) is 10.0. The van der Waals surface area contributed by atoms with Gasteiger partial charge in [-0.15, -0.1) is 0 Å². The summed E-state index contributed by atoms with van der Waals surface area (Å²) in [6, 6.07) is 0.541. The van der Waals surface area contributed by atoms with Crippen LogP contribution in [0.1, 0.15) is 49.4 Å². The second-order valence-electron chi connectivity index (χ2n) is 4.74. The first-order valence-electron chi connectivity index (χ1n) is 7.02. The molecule has 0 saturated carbocycles. The van der Waals surface area contributed by atoms with E-state index in [2.05, 4.69) is 17.0 Å². The molecule has 0 aliphatic heterocycles. The van der Waals surface area contributed by atoms with E-state index in [9.17, 15) is 18.0 Å². The number of nitrogens with one attached hydrogen (secondary N) is 1. The molecule has 0 bridgehead atoms. The number of carbonyl (C=O) groups excluding carboxylic acids is 1. The first-order valence-corrected chi connectivity index (χ1v) is 7.02. The Morgan fingerprint density at radius 1 is 1.14 bits per heavy atom. The lowest BCUT2D eigenvalue weighted by atomic mass is 10.1. The highest BCUT2D eigenvalue weighted by Crippen LogP contribution is 2.26. The summed E-state index contributed by atoms with van der Waals surface area (Å²) in [6.45, 7) is 2.46. The molecule has 0 atom stereocenters. The lowest BCUT2D eigenvalue weighted by Crippen LogP contribution is -2.26. The summed E-state index contributed by atoms with van der Waals surface area (Å²) < 4.78 is 44.8. The maximum atomic E-state index is 13.8. The zero-order valence-electron chi connectivity index (χ0n) is 12.3. The van der Waals surface area contributed by atoms with Gasteiger partial charge in [0.1, 0.15) is 0 Å². The fourth-order valence-corrected chi connectivity index (χ4v) is 1.95. The van der Waals surface area contributed by atoms with Crippen LogP contribution in [0.3, 0.4) is 0 Å². The third kappa shape index (κ3) is 4.65. The van der Waals surface area contributed by atoms with Gasteiger partial charge in [0, 0.05) is 6.54 Å². The molecule has 3 nitrogen and oxygen atoms in total. The Hall–Kier alpha value is -1.72. The highest BCUT2D eigenvalue weighted by Gasteiger charge is 2.23. The second kappa shape index (κ2) is 8.54. The molecule has 1 amide bonds. The minimum absolute atomic E-state index is 0.364. The van der Waals surface area contributed by atoms with E-state index in [1.807, 2.05) is 0 Å². The number of ether oxygens (including phenoxy) is 1. The number of unbranched alkanes of at least 4 members (excludes halogenated alkanes) is 4. The molecule has 0 radical (unpaired) electrons. The van der Waals surface area contributed by atoms with Crippen molar-refractivity contribution in [1.82, 2.24) is 5.32 Å². The quantitative estimate of drug-likeness (QED) is 0.586. The summed E-state index contributed by atoms with van der Waals surface area (Å²) in [5.41, 5.74) is -0.556. The number of hydrogen-bond donors (Lipinski definition) is 1. The molecule has 0 saturated heterocycles. The molecule has 0 fully saturated rings. The average molecular weight is 303 g/mol. The minimum atomic E-state index is -1.44. The van der Waals surface area contributed by atoms with Gasteiger partial charge in [0.05, 0.1) is 12.7 Å². The third-order valence-corrected chi connectivity index (χ3v) is 3.13. The number of carbonyl (C=O) groups is 1. The smallest absolute Gasteiger partial charge is 0.254 e. The van der Waals surface area contributed by atoms with Crippen LogP contribution in [0.15, 0.2) is 6.07 Å². The molecule has 118 valence electrons. The molecule has 1 N–H and O–H groups in total. The molecule has 0 heterocycles. The van der Waals surface area contributed by atoms with E-state index < -0.39 is 34.7 Å². The second-order valence-corrected chi connectivity index (χ2v) is 4.74. The van der Waals surface area contributed by atoms with Crippen LogP contribution in [0.5, 0.6) is 5.75 Å². The van der Waals surface area contributed by atoms with Gasteiger partial charge in [-0.1, -0.05) is 32.6 Å². The molecule has 0 unspecified atom stereocenters.